The third-order valence-corrected chi connectivity index (χ3v) is 5.07. The van der Waals surface area contributed by atoms with Crippen LogP contribution in [0.3, 0.4) is 0 Å². The molecule has 0 radical (unpaired) electrons. The molecular formula is C21H26N4O2. The van der Waals surface area contributed by atoms with Crippen molar-refractivity contribution in [2.24, 2.45) is 5.92 Å². The summed E-state index contributed by atoms with van der Waals surface area (Å²) in [5.74, 6) is -0.00170. The summed E-state index contributed by atoms with van der Waals surface area (Å²) < 4.78 is 0. The van der Waals surface area contributed by atoms with Crippen LogP contribution in [-0.2, 0) is 4.79 Å². The number of amides is 2. The number of hydrogen-bond donors (Lipinski definition) is 1. The maximum atomic E-state index is 12.7. The van der Waals surface area contributed by atoms with E-state index in [9.17, 15) is 9.59 Å². The Balaban J connectivity index is 1.56. The first kappa shape index (κ1) is 19.0. The molecule has 1 N–H and O–H groups in total. The van der Waals surface area contributed by atoms with Gasteiger partial charge in [-0.1, -0.05) is 13.0 Å². The van der Waals surface area contributed by atoms with Crippen LogP contribution in [0.2, 0.25) is 0 Å². The number of likely N-dealkylation sites (tertiary alicyclic amines) is 1. The molecule has 1 atom stereocenters. The zero-order chi connectivity index (χ0) is 19.2. The van der Waals surface area contributed by atoms with Crippen molar-refractivity contribution in [1.29, 1.82) is 0 Å². The van der Waals surface area contributed by atoms with Crippen LogP contribution < -0.4 is 5.32 Å². The molecule has 6 heteroatoms. The van der Waals surface area contributed by atoms with Crippen LogP contribution in [0, 0.1) is 12.8 Å². The van der Waals surface area contributed by atoms with Crippen LogP contribution in [0.1, 0.15) is 54.0 Å². The van der Waals surface area contributed by atoms with Crippen molar-refractivity contribution in [2.75, 3.05) is 13.1 Å². The van der Waals surface area contributed by atoms with Gasteiger partial charge in [-0.15, -0.1) is 0 Å². The fourth-order valence-electron chi connectivity index (χ4n) is 3.45. The summed E-state index contributed by atoms with van der Waals surface area (Å²) in [7, 11) is 0. The van der Waals surface area contributed by atoms with Crippen LogP contribution in [-0.4, -0.2) is 39.8 Å². The lowest BCUT2D eigenvalue weighted by Crippen LogP contribution is -2.43. The Kier molecular flexibility index (Phi) is 6.16. The highest BCUT2D eigenvalue weighted by Gasteiger charge is 2.29. The van der Waals surface area contributed by atoms with Gasteiger partial charge in [0.25, 0.3) is 5.91 Å². The number of carbonyl (C=O) groups excluding carboxylic acids is 2. The van der Waals surface area contributed by atoms with Crippen molar-refractivity contribution in [1.82, 2.24) is 20.2 Å². The number of aromatic nitrogens is 2. The molecule has 1 aliphatic heterocycles. The second kappa shape index (κ2) is 8.75. The molecule has 1 aliphatic rings. The van der Waals surface area contributed by atoms with Crippen LogP contribution >= 0.6 is 0 Å². The molecule has 3 rings (SSSR count). The lowest BCUT2D eigenvalue weighted by atomic mass is 9.94. The summed E-state index contributed by atoms with van der Waals surface area (Å²) in [6, 6.07) is 9.25. The highest BCUT2D eigenvalue weighted by Crippen LogP contribution is 2.22. The SMILES string of the molecule is CC[C@@H](NC(=O)C1CCN(C(=O)c2ccncc2)CC1)c1cccc(C)n1. The van der Waals surface area contributed by atoms with Gasteiger partial charge in [0.2, 0.25) is 5.91 Å². The van der Waals surface area contributed by atoms with E-state index in [4.69, 9.17) is 0 Å². The van der Waals surface area contributed by atoms with Gasteiger partial charge in [0.15, 0.2) is 0 Å². The van der Waals surface area contributed by atoms with Gasteiger partial charge in [0.1, 0.15) is 0 Å². The topological polar surface area (TPSA) is 75.2 Å². The first-order valence-corrected chi connectivity index (χ1v) is 9.51. The minimum atomic E-state index is -0.0751. The van der Waals surface area contributed by atoms with E-state index in [2.05, 4.69) is 15.3 Å². The molecule has 2 aromatic rings. The second-order valence-electron chi connectivity index (χ2n) is 6.98. The third-order valence-electron chi connectivity index (χ3n) is 5.07. The lowest BCUT2D eigenvalue weighted by Gasteiger charge is -2.32. The van der Waals surface area contributed by atoms with Crippen molar-refractivity contribution >= 4 is 11.8 Å². The molecule has 2 aromatic heterocycles. The van der Waals surface area contributed by atoms with E-state index < -0.39 is 0 Å². The number of piperidine rings is 1. The monoisotopic (exact) mass is 366 g/mol. The van der Waals surface area contributed by atoms with Crippen molar-refractivity contribution in [3.05, 3.63) is 59.7 Å². The fraction of sp³-hybridized carbons (Fsp3) is 0.429. The normalized spacial score (nSPS) is 16.0. The number of pyridine rings is 2. The largest absolute Gasteiger partial charge is 0.347 e. The maximum absolute atomic E-state index is 12.7. The third kappa shape index (κ3) is 4.70. The molecule has 142 valence electrons. The summed E-state index contributed by atoms with van der Waals surface area (Å²) in [6.45, 7) is 5.19. The highest BCUT2D eigenvalue weighted by atomic mass is 16.2. The average Bonchev–Trinajstić information content (AvgIpc) is 2.72. The first-order chi connectivity index (χ1) is 13.1. The minimum Gasteiger partial charge on any atom is -0.347 e. The van der Waals surface area contributed by atoms with E-state index in [1.54, 1.807) is 24.5 Å². The Hall–Kier alpha value is -2.76. The maximum Gasteiger partial charge on any atom is 0.253 e. The minimum absolute atomic E-state index is 0.00616. The van der Waals surface area contributed by atoms with Crippen molar-refractivity contribution < 1.29 is 9.59 Å². The van der Waals surface area contributed by atoms with Crippen LogP contribution in [0.4, 0.5) is 0 Å². The predicted molar refractivity (Wildman–Crippen MR) is 103 cm³/mol. The Morgan fingerprint density at radius 1 is 1.19 bits per heavy atom. The zero-order valence-corrected chi connectivity index (χ0v) is 15.9. The Labute approximate surface area is 160 Å². The molecule has 0 spiro atoms. The van der Waals surface area contributed by atoms with Gasteiger partial charge in [-0.05, 0) is 50.5 Å². The van der Waals surface area contributed by atoms with Crippen molar-refractivity contribution in [2.45, 2.75) is 39.2 Å². The van der Waals surface area contributed by atoms with Crippen LogP contribution in [0.5, 0.6) is 0 Å². The molecule has 2 amide bonds. The standard InChI is InChI=1S/C21H26N4O2/c1-3-18(19-6-4-5-15(2)23-19)24-20(26)16-9-13-25(14-10-16)21(27)17-7-11-22-12-8-17/h4-8,11-12,16,18H,3,9-10,13-14H2,1-2H3,(H,24,26)/t18-/m1/s1. The lowest BCUT2D eigenvalue weighted by molar-refractivity contribution is -0.127. The molecule has 1 saturated heterocycles. The van der Waals surface area contributed by atoms with Gasteiger partial charge in [-0.25, -0.2) is 0 Å². The second-order valence-corrected chi connectivity index (χ2v) is 6.98. The fourth-order valence-corrected chi connectivity index (χ4v) is 3.45. The number of carbonyl (C=O) groups is 2. The van der Waals surface area contributed by atoms with E-state index in [0.29, 0.717) is 31.5 Å². The van der Waals surface area contributed by atoms with Gasteiger partial charge in [0, 0.05) is 42.7 Å². The average molecular weight is 366 g/mol. The zero-order valence-electron chi connectivity index (χ0n) is 15.9. The summed E-state index contributed by atoms with van der Waals surface area (Å²) in [4.78, 5) is 35.5. The molecule has 6 nitrogen and oxygen atoms in total. The molecule has 1 fully saturated rings. The molecule has 0 aromatic carbocycles. The van der Waals surface area contributed by atoms with Gasteiger partial charge in [-0.3, -0.25) is 19.6 Å². The van der Waals surface area contributed by atoms with E-state index >= 15 is 0 Å². The quantitative estimate of drug-likeness (QED) is 0.883. The molecule has 0 bridgehead atoms. The van der Waals surface area contributed by atoms with E-state index in [-0.39, 0.29) is 23.8 Å². The van der Waals surface area contributed by atoms with Crippen molar-refractivity contribution in [3.8, 4) is 0 Å². The van der Waals surface area contributed by atoms with E-state index in [1.807, 2.05) is 36.9 Å². The summed E-state index contributed by atoms with van der Waals surface area (Å²) in [5.41, 5.74) is 2.49. The first-order valence-electron chi connectivity index (χ1n) is 9.51. The molecule has 27 heavy (non-hydrogen) atoms. The number of aryl methyl sites for hydroxylation is 1. The molecule has 0 aliphatic carbocycles. The number of rotatable bonds is 5. The summed E-state index contributed by atoms with van der Waals surface area (Å²) in [6.07, 6.45) is 5.40. The van der Waals surface area contributed by atoms with Crippen LogP contribution in [0.15, 0.2) is 42.7 Å². The summed E-state index contributed by atoms with van der Waals surface area (Å²) >= 11 is 0. The van der Waals surface area contributed by atoms with Crippen LogP contribution in [0.25, 0.3) is 0 Å². The highest BCUT2D eigenvalue weighted by molar-refractivity contribution is 5.94. The van der Waals surface area contributed by atoms with Crippen molar-refractivity contribution in [3.63, 3.8) is 0 Å². The van der Waals surface area contributed by atoms with Gasteiger partial charge >= 0.3 is 0 Å². The number of hydrogen-bond acceptors (Lipinski definition) is 4. The molecular weight excluding hydrogens is 340 g/mol. The van der Waals surface area contributed by atoms with E-state index in [0.717, 1.165) is 17.8 Å². The van der Waals surface area contributed by atoms with Gasteiger partial charge < -0.3 is 10.2 Å². The smallest absolute Gasteiger partial charge is 0.253 e. The van der Waals surface area contributed by atoms with Gasteiger partial charge in [-0.2, -0.15) is 0 Å². The Bertz CT molecular complexity index is 786. The van der Waals surface area contributed by atoms with E-state index in [1.165, 1.54) is 0 Å². The molecule has 0 saturated carbocycles. The predicted octanol–water partition coefficient (Wildman–Crippen LogP) is 2.90. The van der Waals surface area contributed by atoms with Gasteiger partial charge in [0.05, 0.1) is 11.7 Å². The number of nitrogens with zero attached hydrogens (tertiary/aromatic N) is 3. The summed E-state index contributed by atoms with van der Waals surface area (Å²) in [5, 5.41) is 3.14. The molecule has 0 unspecified atom stereocenters. The Morgan fingerprint density at radius 3 is 2.52 bits per heavy atom. The Morgan fingerprint density at radius 2 is 1.89 bits per heavy atom. The number of nitrogens with one attached hydrogen (secondary N) is 1. The molecule has 3 heterocycles.